The van der Waals surface area contributed by atoms with Gasteiger partial charge in [-0.15, -0.1) is 0 Å². The number of carbonyl (C=O) groups is 1. The van der Waals surface area contributed by atoms with Crippen LogP contribution in [0.1, 0.15) is 5.56 Å². The van der Waals surface area contributed by atoms with Gasteiger partial charge in [-0.05, 0) is 17.7 Å². The van der Waals surface area contributed by atoms with Crippen LogP contribution in [0.4, 0.5) is 0 Å². The van der Waals surface area contributed by atoms with Crippen molar-refractivity contribution >= 4 is 21.8 Å². The fourth-order valence-electron chi connectivity index (χ4n) is 1.20. The van der Waals surface area contributed by atoms with E-state index in [1.54, 1.807) is 0 Å². The molecule has 0 aliphatic carbocycles. The first-order chi connectivity index (χ1) is 7.68. The maximum Gasteiger partial charge on any atom is 0.243 e. The van der Waals surface area contributed by atoms with Crippen LogP contribution in [0.5, 0.6) is 0 Å². The summed E-state index contributed by atoms with van der Waals surface area (Å²) >= 11 is 3.41. The molecule has 0 aliphatic heterocycles. The highest BCUT2D eigenvalue weighted by atomic mass is 79.9. The molecular weight excluding hydrogens is 272 g/mol. The normalized spacial score (nSPS) is 10.3. The molecule has 3 N–H and O–H groups in total. The summed E-state index contributed by atoms with van der Waals surface area (Å²) in [4.78, 5) is 10.4. The van der Waals surface area contributed by atoms with Gasteiger partial charge in [0.15, 0.2) is 0 Å². The number of hydrogen-bond acceptors (Lipinski definition) is 3. The molecule has 0 aliphatic rings. The molecule has 88 valence electrons. The molecule has 0 saturated carbocycles. The van der Waals surface area contributed by atoms with Crippen molar-refractivity contribution in [2.75, 3.05) is 19.8 Å². The summed E-state index contributed by atoms with van der Waals surface area (Å²) in [5.41, 5.74) is 6.12. The van der Waals surface area contributed by atoms with Gasteiger partial charge in [0.05, 0.1) is 6.61 Å². The highest BCUT2D eigenvalue weighted by Crippen LogP contribution is 2.10. The van der Waals surface area contributed by atoms with E-state index >= 15 is 0 Å². The molecule has 0 fully saturated rings. The van der Waals surface area contributed by atoms with E-state index < -0.39 is 5.91 Å². The van der Waals surface area contributed by atoms with Crippen molar-refractivity contribution in [2.45, 2.75) is 6.54 Å². The predicted molar refractivity (Wildman–Crippen MR) is 65.9 cm³/mol. The van der Waals surface area contributed by atoms with Crippen LogP contribution in [0.2, 0.25) is 0 Å². The first kappa shape index (κ1) is 13.2. The van der Waals surface area contributed by atoms with E-state index in [2.05, 4.69) is 27.3 Å². The number of amides is 1. The number of halogens is 1. The van der Waals surface area contributed by atoms with Gasteiger partial charge in [0.2, 0.25) is 5.91 Å². The highest BCUT2D eigenvalue weighted by molar-refractivity contribution is 9.10. The lowest BCUT2D eigenvalue weighted by atomic mass is 10.2. The lowest BCUT2D eigenvalue weighted by molar-refractivity contribution is -0.122. The summed E-state index contributed by atoms with van der Waals surface area (Å²) in [6, 6.07) is 8.07. The highest BCUT2D eigenvalue weighted by Gasteiger charge is 1.95. The number of rotatable bonds is 7. The Bertz CT molecular complexity index is 345. The molecule has 0 saturated heterocycles. The molecule has 0 unspecified atom stereocenters. The van der Waals surface area contributed by atoms with Gasteiger partial charge in [-0.3, -0.25) is 4.79 Å². The molecule has 16 heavy (non-hydrogen) atoms. The van der Waals surface area contributed by atoms with Crippen molar-refractivity contribution in [3.63, 3.8) is 0 Å². The third-order valence-corrected chi connectivity index (χ3v) is 2.38. The van der Waals surface area contributed by atoms with Crippen LogP contribution in [-0.4, -0.2) is 25.7 Å². The van der Waals surface area contributed by atoms with Crippen LogP contribution in [0.15, 0.2) is 28.7 Å². The molecule has 1 aromatic carbocycles. The SMILES string of the molecule is NC(=O)COCCNCc1cccc(Br)c1. The largest absolute Gasteiger partial charge is 0.370 e. The van der Waals surface area contributed by atoms with Crippen molar-refractivity contribution in [3.05, 3.63) is 34.3 Å². The zero-order valence-electron chi connectivity index (χ0n) is 8.91. The fraction of sp³-hybridized carbons (Fsp3) is 0.364. The average molecular weight is 287 g/mol. The number of carbonyl (C=O) groups excluding carboxylic acids is 1. The number of hydrogen-bond donors (Lipinski definition) is 2. The molecule has 1 aromatic rings. The Balaban J connectivity index is 2.09. The Morgan fingerprint density at radius 3 is 3.00 bits per heavy atom. The first-order valence-corrected chi connectivity index (χ1v) is 5.79. The molecule has 0 aromatic heterocycles. The third kappa shape index (κ3) is 5.85. The third-order valence-electron chi connectivity index (χ3n) is 1.89. The second-order valence-corrected chi connectivity index (χ2v) is 4.24. The Labute approximate surface area is 103 Å². The maximum absolute atomic E-state index is 10.4. The van der Waals surface area contributed by atoms with E-state index in [0.717, 1.165) is 11.0 Å². The summed E-state index contributed by atoms with van der Waals surface area (Å²) in [6.45, 7) is 1.94. The Morgan fingerprint density at radius 2 is 2.31 bits per heavy atom. The number of nitrogens with two attached hydrogens (primary N) is 1. The summed E-state index contributed by atoms with van der Waals surface area (Å²) in [6.07, 6.45) is 0. The van der Waals surface area contributed by atoms with Gasteiger partial charge < -0.3 is 15.8 Å². The average Bonchev–Trinajstić information content (AvgIpc) is 2.23. The first-order valence-electron chi connectivity index (χ1n) is 4.99. The van der Waals surface area contributed by atoms with Crippen molar-refractivity contribution in [2.24, 2.45) is 5.73 Å². The predicted octanol–water partition coefficient (Wildman–Crippen LogP) is 1.04. The van der Waals surface area contributed by atoms with Crippen LogP contribution >= 0.6 is 15.9 Å². The molecule has 1 amide bonds. The molecule has 0 heterocycles. The summed E-state index contributed by atoms with van der Waals surface area (Å²) in [5, 5.41) is 3.20. The zero-order valence-corrected chi connectivity index (χ0v) is 10.5. The van der Waals surface area contributed by atoms with Crippen LogP contribution in [0.3, 0.4) is 0 Å². The topological polar surface area (TPSA) is 64.4 Å². The molecule has 0 atom stereocenters. The van der Waals surface area contributed by atoms with Crippen LogP contribution < -0.4 is 11.1 Å². The molecular formula is C11H15BrN2O2. The lowest BCUT2D eigenvalue weighted by Gasteiger charge is -2.05. The molecule has 0 radical (unpaired) electrons. The van der Waals surface area contributed by atoms with Crippen LogP contribution in [0.25, 0.3) is 0 Å². The molecule has 5 heteroatoms. The summed E-state index contributed by atoms with van der Waals surface area (Å²) in [5.74, 6) is -0.438. The number of nitrogens with one attached hydrogen (secondary N) is 1. The van der Waals surface area contributed by atoms with Gasteiger partial charge in [0.25, 0.3) is 0 Å². The molecule has 0 bridgehead atoms. The van der Waals surface area contributed by atoms with Crippen LogP contribution in [0, 0.1) is 0 Å². The van der Waals surface area contributed by atoms with E-state index in [4.69, 9.17) is 10.5 Å². The van der Waals surface area contributed by atoms with Gasteiger partial charge in [-0.25, -0.2) is 0 Å². The van der Waals surface area contributed by atoms with Crippen LogP contribution in [-0.2, 0) is 16.1 Å². The van der Waals surface area contributed by atoms with Gasteiger partial charge in [0.1, 0.15) is 6.61 Å². The minimum atomic E-state index is -0.438. The number of benzene rings is 1. The quantitative estimate of drug-likeness (QED) is 0.736. The van der Waals surface area contributed by atoms with E-state index in [1.165, 1.54) is 5.56 Å². The minimum absolute atomic E-state index is 0.0153. The molecule has 1 rings (SSSR count). The molecule has 4 nitrogen and oxygen atoms in total. The second-order valence-electron chi connectivity index (χ2n) is 3.33. The minimum Gasteiger partial charge on any atom is -0.370 e. The number of ether oxygens (including phenoxy) is 1. The van der Waals surface area contributed by atoms with Crippen molar-refractivity contribution < 1.29 is 9.53 Å². The molecule has 0 spiro atoms. The standard InChI is InChI=1S/C11H15BrN2O2/c12-10-3-1-2-9(6-10)7-14-4-5-16-8-11(13)15/h1-3,6,14H,4-5,7-8H2,(H2,13,15). The number of primary amides is 1. The smallest absolute Gasteiger partial charge is 0.243 e. The zero-order chi connectivity index (χ0) is 11.8. The van der Waals surface area contributed by atoms with E-state index in [0.29, 0.717) is 13.2 Å². The Morgan fingerprint density at radius 1 is 1.50 bits per heavy atom. The fourth-order valence-corrected chi connectivity index (χ4v) is 1.64. The second kappa shape index (κ2) is 7.38. The Kier molecular flexibility index (Phi) is 6.07. The van der Waals surface area contributed by atoms with Crippen molar-refractivity contribution in [3.8, 4) is 0 Å². The maximum atomic E-state index is 10.4. The van der Waals surface area contributed by atoms with Gasteiger partial charge >= 0.3 is 0 Å². The van der Waals surface area contributed by atoms with Gasteiger partial charge in [0, 0.05) is 17.6 Å². The van der Waals surface area contributed by atoms with Crippen molar-refractivity contribution in [1.82, 2.24) is 5.32 Å². The summed E-state index contributed by atoms with van der Waals surface area (Å²) in [7, 11) is 0. The monoisotopic (exact) mass is 286 g/mol. The van der Waals surface area contributed by atoms with E-state index in [1.807, 2.05) is 18.2 Å². The van der Waals surface area contributed by atoms with Gasteiger partial charge in [-0.2, -0.15) is 0 Å². The lowest BCUT2D eigenvalue weighted by Crippen LogP contribution is -2.23. The summed E-state index contributed by atoms with van der Waals surface area (Å²) < 4.78 is 6.08. The van der Waals surface area contributed by atoms with Crippen molar-refractivity contribution in [1.29, 1.82) is 0 Å². The Hall–Kier alpha value is -0.910. The van der Waals surface area contributed by atoms with E-state index in [-0.39, 0.29) is 6.61 Å². The van der Waals surface area contributed by atoms with Gasteiger partial charge in [-0.1, -0.05) is 28.1 Å². The van der Waals surface area contributed by atoms with E-state index in [9.17, 15) is 4.79 Å².